The Balaban J connectivity index is 2.68. The molecule has 2 rings (SSSR count). The smallest absolute Gasteiger partial charge is 0.265 e. The Hall–Kier alpha value is -0.540. The number of nitrogens with zero attached hydrogens (tertiary/aromatic N) is 1. The van der Waals surface area contributed by atoms with Crippen molar-refractivity contribution >= 4 is 78.3 Å². The molecule has 9 heteroatoms. The van der Waals surface area contributed by atoms with Crippen molar-refractivity contribution in [3.05, 3.63) is 56.1 Å². The van der Waals surface area contributed by atoms with E-state index >= 15 is 0 Å². The molecule has 1 atom stereocenters. The Bertz CT molecular complexity index is 889. The first-order valence-electron chi connectivity index (χ1n) is 6.59. The lowest BCUT2D eigenvalue weighted by atomic mass is 10.3. The third-order valence-corrected chi connectivity index (χ3v) is 7.07. The Labute approximate surface area is 168 Å². The Morgan fingerprint density at radius 3 is 2.29 bits per heavy atom. The third kappa shape index (κ3) is 3.99. The van der Waals surface area contributed by atoms with Gasteiger partial charge in [-0.05, 0) is 71.4 Å². The highest BCUT2D eigenvalue weighted by Gasteiger charge is 2.34. The first kappa shape index (κ1) is 19.8. The first-order valence-corrected chi connectivity index (χ1v) is 10.2. The van der Waals surface area contributed by atoms with E-state index in [0.29, 0.717) is 9.26 Å². The monoisotopic (exact) mass is 517 g/mol. The number of carbonyl (C=O) groups excluding carboxylic acids is 1. The van der Waals surface area contributed by atoms with Crippen LogP contribution in [0.1, 0.15) is 6.92 Å². The van der Waals surface area contributed by atoms with Gasteiger partial charge in [-0.2, -0.15) is 0 Å². The van der Waals surface area contributed by atoms with Crippen molar-refractivity contribution in [2.45, 2.75) is 17.9 Å². The summed E-state index contributed by atoms with van der Waals surface area (Å²) in [5, 5.41) is -0.457. The Morgan fingerprint density at radius 2 is 1.75 bits per heavy atom. The first-order chi connectivity index (χ1) is 11.2. The molecule has 1 unspecified atom stereocenters. The molecular weight excluding hydrogens is 507 g/mol. The number of hydrogen-bond acceptors (Lipinski definition) is 3. The quantitative estimate of drug-likeness (QED) is 0.416. The van der Waals surface area contributed by atoms with E-state index in [9.17, 15) is 13.2 Å². The molecule has 4 nitrogen and oxygen atoms in total. The molecule has 0 amide bonds. The number of anilines is 1. The minimum Gasteiger partial charge on any atom is -0.279 e. The molecule has 0 heterocycles. The van der Waals surface area contributed by atoms with Crippen LogP contribution < -0.4 is 4.31 Å². The molecule has 0 bridgehead atoms. The third-order valence-electron chi connectivity index (χ3n) is 3.22. The van der Waals surface area contributed by atoms with E-state index in [1.807, 2.05) is 22.6 Å². The lowest BCUT2D eigenvalue weighted by Crippen LogP contribution is -2.42. The SMILES string of the molecule is CC(C(=O)Cl)N(c1ccccc1I)S(=O)(=O)c1ccc(Cl)c(Cl)c1. The average molecular weight is 519 g/mol. The maximum Gasteiger partial charge on any atom is 0.265 e. The number of sulfonamides is 1. The zero-order valence-electron chi connectivity index (χ0n) is 12.2. The summed E-state index contributed by atoms with van der Waals surface area (Å²) in [6, 6.07) is 9.65. The summed E-state index contributed by atoms with van der Waals surface area (Å²) in [7, 11) is -4.08. The van der Waals surface area contributed by atoms with Crippen LogP contribution in [-0.2, 0) is 14.8 Å². The molecule has 0 aliphatic heterocycles. The molecule has 0 radical (unpaired) electrons. The van der Waals surface area contributed by atoms with Crippen LogP contribution in [0.3, 0.4) is 0 Å². The van der Waals surface area contributed by atoms with Crippen LogP contribution in [-0.4, -0.2) is 19.7 Å². The minimum absolute atomic E-state index is 0.0821. The zero-order chi connectivity index (χ0) is 18.1. The second-order valence-electron chi connectivity index (χ2n) is 4.81. The fourth-order valence-corrected chi connectivity index (χ4v) is 5.01. The van der Waals surface area contributed by atoms with Crippen LogP contribution in [0.25, 0.3) is 0 Å². The summed E-state index contributed by atoms with van der Waals surface area (Å²) in [6.45, 7) is 1.42. The molecule has 0 aliphatic carbocycles. The Morgan fingerprint density at radius 1 is 1.12 bits per heavy atom. The second kappa shape index (κ2) is 7.78. The average Bonchev–Trinajstić information content (AvgIpc) is 2.51. The normalized spacial score (nSPS) is 12.7. The van der Waals surface area contributed by atoms with Crippen LogP contribution in [0.4, 0.5) is 5.69 Å². The van der Waals surface area contributed by atoms with E-state index in [4.69, 9.17) is 34.8 Å². The summed E-state index contributed by atoms with van der Waals surface area (Å²) in [5.74, 6) is 0. The highest BCUT2D eigenvalue weighted by Crippen LogP contribution is 2.33. The highest BCUT2D eigenvalue weighted by atomic mass is 127. The maximum absolute atomic E-state index is 13.1. The molecule has 0 saturated carbocycles. The predicted octanol–water partition coefficient (Wildman–Crippen LogP) is 4.95. The molecule has 0 fully saturated rings. The van der Waals surface area contributed by atoms with Crippen molar-refractivity contribution in [1.29, 1.82) is 0 Å². The van der Waals surface area contributed by atoms with Crippen molar-refractivity contribution in [1.82, 2.24) is 0 Å². The van der Waals surface area contributed by atoms with Crippen LogP contribution in [0.15, 0.2) is 47.4 Å². The second-order valence-corrected chi connectivity index (χ2v) is 8.97. The van der Waals surface area contributed by atoms with Crippen molar-refractivity contribution in [2.75, 3.05) is 4.31 Å². The predicted molar refractivity (Wildman–Crippen MR) is 106 cm³/mol. The van der Waals surface area contributed by atoms with E-state index in [2.05, 4.69) is 0 Å². The van der Waals surface area contributed by atoms with Gasteiger partial charge in [-0.25, -0.2) is 8.42 Å². The van der Waals surface area contributed by atoms with Gasteiger partial charge < -0.3 is 0 Å². The molecule has 24 heavy (non-hydrogen) atoms. The number of benzene rings is 2. The van der Waals surface area contributed by atoms with Crippen molar-refractivity contribution in [3.8, 4) is 0 Å². The number of carbonyl (C=O) groups is 1. The summed E-state index contributed by atoms with van der Waals surface area (Å²) < 4.78 is 27.9. The highest BCUT2D eigenvalue weighted by molar-refractivity contribution is 14.1. The summed E-state index contributed by atoms with van der Waals surface area (Å²) >= 11 is 19.4. The molecule has 0 aliphatic rings. The minimum atomic E-state index is -4.08. The number of rotatable bonds is 5. The fourth-order valence-electron chi connectivity index (χ4n) is 2.02. The van der Waals surface area contributed by atoms with Gasteiger partial charge in [0, 0.05) is 3.57 Å². The van der Waals surface area contributed by atoms with E-state index in [1.54, 1.807) is 24.3 Å². The maximum atomic E-state index is 13.1. The van der Waals surface area contributed by atoms with Gasteiger partial charge >= 0.3 is 0 Å². The zero-order valence-corrected chi connectivity index (χ0v) is 17.5. The lowest BCUT2D eigenvalue weighted by Gasteiger charge is -2.29. The summed E-state index contributed by atoms with van der Waals surface area (Å²) in [6.07, 6.45) is 0. The lowest BCUT2D eigenvalue weighted by molar-refractivity contribution is -0.112. The summed E-state index contributed by atoms with van der Waals surface area (Å²) in [5.41, 5.74) is 0.352. The van der Waals surface area contributed by atoms with Crippen molar-refractivity contribution < 1.29 is 13.2 Å². The van der Waals surface area contributed by atoms with Gasteiger partial charge in [0.05, 0.1) is 20.6 Å². The fraction of sp³-hybridized carbons (Fsp3) is 0.133. The molecule has 2 aromatic rings. The van der Waals surface area contributed by atoms with Crippen LogP contribution in [0.2, 0.25) is 10.0 Å². The topological polar surface area (TPSA) is 54.5 Å². The molecule has 2 aromatic carbocycles. The van der Waals surface area contributed by atoms with Crippen molar-refractivity contribution in [2.24, 2.45) is 0 Å². The number of para-hydroxylation sites is 1. The summed E-state index contributed by atoms with van der Waals surface area (Å²) in [4.78, 5) is 11.6. The van der Waals surface area contributed by atoms with E-state index in [1.165, 1.54) is 25.1 Å². The standard InChI is InChI=1S/C15H11Cl3INO3S/c1-9(15(18)21)20(14-5-3-2-4-13(14)19)24(22,23)10-6-7-11(16)12(17)8-10/h2-9H,1H3. The number of hydrogen-bond donors (Lipinski definition) is 0. The molecule has 0 N–H and O–H groups in total. The molecule has 128 valence electrons. The van der Waals surface area contributed by atoms with Gasteiger partial charge in [-0.1, -0.05) is 35.3 Å². The van der Waals surface area contributed by atoms with Gasteiger partial charge in [0.2, 0.25) is 5.24 Å². The van der Waals surface area contributed by atoms with E-state index in [-0.39, 0.29) is 14.9 Å². The molecule has 0 spiro atoms. The van der Waals surface area contributed by atoms with Gasteiger partial charge in [0.25, 0.3) is 10.0 Å². The van der Waals surface area contributed by atoms with Crippen LogP contribution >= 0.6 is 57.4 Å². The van der Waals surface area contributed by atoms with Gasteiger partial charge in [-0.3, -0.25) is 9.10 Å². The van der Waals surface area contributed by atoms with E-state index < -0.39 is 21.3 Å². The number of halogens is 4. The van der Waals surface area contributed by atoms with Gasteiger partial charge in [0.1, 0.15) is 6.04 Å². The van der Waals surface area contributed by atoms with E-state index in [0.717, 1.165) is 4.31 Å². The van der Waals surface area contributed by atoms with Gasteiger partial charge in [0.15, 0.2) is 0 Å². The largest absolute Gasteiger partial charge is 0.279 e. The van der Waals surface area contributed by atoms with Gasteiger partial charge in [-0.15, -0.1) is 0 Å². The molecule has 0 aromatic heterocycles. The van der Waals surface area contributed by atoms with Crippen molar-refractivity contribution in [3.63, 3.8) is 0 Å². The molecule has 0 saturated heterocycles. The van der Waals surface area contributed by atoms with Crippen LogP contribution in [0, 0.1) is 3.57 Å². The molecular formula is C15H11Cl3INO3S. The van der Waals surface area contributed by atoms with Crippen LogP contribution in [0.5, 0.6) is 0 Å². The Kier molecular flexibility index (Phi) is 6.41.